The molecule has 0 bridgehead atoms. The van der Waals surface area contributed by atoms with Gasteiger partial charge in [-0.1, -0.05) is 37.6 Å². The van der Waals surface area contributed by atoms with Gasteiger partial charge in [-0.15, -0.1) is 0 Å². The van der Waals surface area contributed by atoms with Gasteiger partial charge in [0.05, 0.1) is 6.16 Å². The number of rotatable bonds is 6. The molecule has 3 N–H and O–H groups in total. The van der Waals surface area contributed by atoms with Crippen molar-refractivity contribution in [2.45, 2.75) is 39.8 Å². The molecule has 0 aliphatic heterocycles. The Morgan fingerprint density at radius 1 is 0.957 bits per heavy atom. The fraction of sp³-hybridized carbons (Fsp3) is 0.333. The average molecular weight is 333 g/mol. The lowest BCUT2D eigenvalue weighted by Crippen LogP contribution is -1.99. The van der Waals surface area contributed by atoms with Crippen LogP contribution in [0.1, 0.15) is 36.1 Å². The van der Waals surface area contributed by atoms with E-state index in [9.17, 15) is 14.4 Å². The van der Waals surface area contributed by atoms with Gasteiger partial charge in [0.25, 0.3) is 0 Å². The number of benzene rings is 2. The van der Waals surface area contributed by atoms with E-state index in [1.54, 1.807) is 0 Å². The molecule has 0 heterocycles. The zero-order valence-corrected chi connectivity index (χ0v) is 14.7. The molecule has 0 fully saturated rings. The minimum atomic E-state index is -4.11. The molecule has 124 valence electrons. The monoisotopic (exact) mass is 333 g/mol. The van der Waals surface area contributed by atoms with Crippen LogP contribution in [0.3, 0.4) is 0 Å². The zero-order valence-electron chi connectivity index (χ0n) is 13.8. The largest absolute Gasteiger partial charge is 0.355 e. The van der Waals surface area contributed by atoms with Crippen LogP contribution in [0.2, 0.25) is 0 Å². The first kappa shape index (κ1) is 17.7. The molecule has 23 heavy (non-hydrogen) atoms. The van der Waals surface area contributed by atoms with Gasteiger partial charge in [-0.05, 0) is 54.7 Å². The summed E-state index contributed by atoms with van der Waals surface area (Å²) in [5.74, 6) is 0. The van der Waals surface area contributed by atoms with Gasteiger partial charge in [0.1, 0.15) is 0 Å². The summed E-state index contributed by atoms with van der Waals surface area (Å²) in [4.78, 5) is 18.6. The Morgan fingerprint density at radius 2 is 1.65 bits per heavy atom. The van der Waals surface area contributed by atoms with Gasteiger partial charge >= 0.3 is 7.60 Å². The maximum absolute atomic E-state index is 11.4. The summed E-state index contributed by atoms with van der Waals surface area (Å²) in [5, 5.41) is 3.31. The van der Waals surface area contributed by atoms with Crippen molar-refractivity contribution >= 4 is 19.0 Å². The molecule has 2 rings (SSSR count). The van der Waals surface area contributed by atoms with Crippen LogP contribution in [0.5, 0.6) is 0 Å². The molecule has 2 aromatic carbocycles. The molecule has 0 saturated heterocycles. The SMILES string of the molecule is CCc1ccc(Nc2ccc(C)cc2CP(=O)(O)O)cc1CC. The number of hydrogen-bond acceptors (Lipinski definition) is 2. The Balaban J connectivity index is 2.34. The van der Waals surface area contributed by atoms with Crippen LogP contribution in [-0.2, 0) is 23.6 Å². The molecule has 5 heteroatoms. The highest BCUT2D eigenvalue weighted by molar-refractivity contribution is 7.50. The van der Waals surface area contributed by atoms with Crippen LogP contribution in [0.15, 0.2) is 36.4 Å². The predicted molar refractivity (Wildman–Crippen MR) is 95.4 cm³/mol. The molecule has 0 aliphatic carbocycles. The summed E-state index contributed by atoms with van der Waals surface area (Å²) in [6.07, 6.45) is 1.70. The normalized spacial score (nSPS) is 11.5. The highest BCUT2D eigenvalue weighted by atomic mass is 31.2. The summed E-state index contributed by atoms with van der Waals surface area (Å²) < 4.78 is 11.4. The van der Waals surface area contributed by atoms with E-state index in [2.05, 4.69) is 31.3 Å². The summed E-state index contributed by atoms with van der Waals surface area (Å²) in [6, 6.07) is 11.9. The van der Waals surface area contributed by atoms with Gasteiger partial charge in [-0.3, -0.25) is 4.57 Å². The third-order valence-electron chi connectivity index (χ3n) is 3.88. The van der Waals surface area contributed by atoms with E-state index in [4.69, 9.17) is 0 Å². The minimum absolute atomic E-state index is 0.259. The first-order chi connectivity index (χ1) is 10.8. The van der Waals surface area contributed by atoms with Crippen molar-refractivity contribution in [1.82, 2.24) is 0 Å². The van der Waals surface area contributed by atoms with E-state index in [-0.39, 0.29) is 6.16 Å². The lowest BCUT2D eigenvalue weighted by atomic mass is 10.0. The number of hydrogen-bond donors (Lipinski definition) is 3. The lowest BCUT2D eigenvalue weighted by Gasteiger charge is -2.15. The summed E-state index contributed by atoms with van der Waals surface area (Å²) in [7, 11) is -4.11. The maximum Gasteiger partial charge on any atom is 0.329 e. The van der Waals surface area contributed by atoms with Gasteiger partial charge in [0, 0.05) is 11.4 Å². The molecule has 0 aromatic heterocycles. The van der Waals surface area contributed by atoms with Crippen molar-refractivity contribution in [1.29, 1.82) is 0 Å². The Labute approximate surface area is 137 Å². The molecular formula is C18H24NO3P. The Morgan fingerprint density at radius 3 is 2.26 bits per heavy atom. The topological polar surface area (TPSA) is 69.6 Å². The molecule has 0 amide bonds. The number of anilines is 2. The van der Waals surface area contributed by atoms with E-state index in [1.165, 1.54) is 11.1 Å². The van der Waals surface area contributed by atoms with Crippen LogP contribution >= 0.6 is 7.60 Å². The predicted octanol–water partition coefficient (Wildman–Crippen LogP) is 4.54. The van der Waals surface area contributed by atoms with Gasteiger partial charge < -0.3 is 15.1 Å². The fourth-order valence-corrected chi connectivity index (χ4v) is 3.44. The summed E-state index contributed by atoms with van der Waals surface area (Å²) >= 11 is 0. The highest BCUT2D eigenvalue weighted by Crippen LogP contribution is 2.41. The van der Waals surface area contributed by atoms with E-state index in [1.807, 2.05) is 31.2 Å². The van der Waals surface area contributed by atoms with Gasteiger partial charge in [0.15, 0.2) is 0 Å². The highest BCUT2D eigenvalue weighted by Gasteiger charge is 2.17. The van der Waals surface area contributed by atoms with Crippen molar-refractivity contribution in [2.75, 3.05) is 5.32 Å². The van der Waals surface area contributed by atoms with Crippen molar-refractivity contribution < 1.29 is 14.4 Å². The van der Waals surface area contributed by atoms with Crippen molar-refractivity contribution in [2.24, 2.45) is 0 Å². The standard InChI is InChI=1S/C18H24NO3P/c1-4-14-7-8-17(11-15(14)5-2)19-18-9-6-13(3)10-16(18)12-23(20,21)22/h6-11,19H,4-5,12H2,1-3H3,(H2,20,21,22). The van der Waals surface area contributed by atoms with E-state index in [0.29, 0.717) is 5.56 Å². The molecule has 0 atom stereocenters. The smallest absolute Gasteiger partial charge is 0.329 e. The van der Waals surface area contributed by atoms with Crippen LogP contribution in [-0.4, -0.2) is 9.79 Å². The van der Waals surface area contributed by atoms with E-state index < -0.39 is 7.60 Å². The van der Waals surface area contributed by atoms with Crippen LogP contribution in [0.25, 0.3) is 0 Å². The van der Waals surface area contributed by atoms with Crippen molar-refractivity contribution in [3.05, 3.63) is 58.7 Å². The molecule has 0 spiro atoms. The molecule has 0 aliphatic rings. The quantitative estimate of drug-likeness (QED) is 0.679. The molecule has 2 aromatic rings. The van der Waals surface area contributed by atoms with Crippen LogP contribution in [0, 0.1) is 6.92 Å². The average Bonchev–Trinajstić information content (AvgIpc) is 2.48. The third kappa shape index (κ3) is 4.93. The van der Waals surface area contributed by atoms with Gasteiger partial charge in [-0.25, -0.2) is 0 Å². The fourth-order valence-electron chi connectivity index (χ4n) is 2.73. The zero-order chi connectivity index (χ0) is 17.0. The van der Waals surface area contributed by atoms with E-state index >= 15 is 0 Å². The molecule has 0 radical (unpaired) electrons. The third-order valence-corrected chi connectivity index (χ3v) is 4.64. The first-order valence-corrected chi connectivity index (χ1v) is 9.65. The van der Waals surface area contributed by atoms with Crippen LogP contribution < -0.4 is 5.32 Å². The van der Waals surface area contributed by atoms with Crippen molar-refractivity contribution in [3.8, 4) is 0 Å². The second-order valence-electron chi connectivity index (χ2n) is 5.80. The Bertz CT molecular complexity index is 737. The molecule has 4 nitrogen and oxygen atoms in total. The minimum Gasteiger partial charge on any atom is -0.355 e. The Kier molecular flexibility index (Phi) is 5.64. The Hall–Kier alpha value is -1.61. The number of aryl methyl sites for hydroxylation is 3. The summed E-state index contributed by atoms with van der Waals surface area (Å²) in [5.41, 5.74) is 5.92. The van der Waals surface area contributed by atoms with Crippen LogP contribution in [0.4, 0.5) is 11.4 Å². The second kappa shape index (κ2) is 7.31. The first-order valence-electron chi connectivity index (χ1n) is 7.85. The van der Waals surface area contributed by atoms with Gasteiger partial charge in [-0.2, -0.15) is 0 Å². The molecule has 0 unspecified atom stereocenters. The maximum atomic E-state index is 11.4. The molecule has 0 saturated carbocycles. The van der Waals surface area contributed by atoms with Crippen molar-refractivity contribution in [3.63, 3.8) is 0 Å². The number of nitrogens with one attached hydrogen (secondary N) is 1. The van der Waals surface area contributed by atoms with Gasteiger partial charge in [0.2, 0.25) is 0 Å². The molecular weight excluding hydrogens is 309 g/mol. The van der Waals surface area contributed by atoms with E-state index in [0.717, 1.165) is 29.8 Å². The lowest BCUT2D eigenvalue weighted by molar-refractivity contribution is 0.372. The summed E-state index contributed by atoms with van der Waals surface area (Å²) in [6.45, 7) is 6.18. The second-order valence-corrected chi connectivity index (χ2v) is 7.44.